The van der Waals surface area contributed by atoms with Crippen molar-refractivity contribution >= 4 is 11.7 Å². The fraction of sp³-hybridized carbons (Fsp3) is 0.364. The summed E-state index contributed by atoms with van der Waals surface area (Å²) >= 11 is 0. The van der Waals surface area contributed by atoms with Gasteiger partial charge in [0.1, 0.15) is 11.5 Å². The maximum atomic E-state index is 12.3. The molecule has 0 radical (unpaired) electrons. The van der Waals surface area contributed by atoms with Gasteiger partial charge in [0, 0.05) is 24.0 Å². The molecule has 1 amide bonds. The molecular formula is C22H27NO4. The molecule has 0 fully saturated rings. The van der Waals surface area contributed by atoms with Gasteiger partial charge in [-0.15, -0.1) is 0 Å². The number of Topliss-reactive ketones (excluding diaryl/α,β-unsaturated/α-hetero) is 1. The topological polar surface area (TPSA) is 64.6 Å². The Balaban J connectivity index is 1.93. The highest BCUT2D eigenvalue weighted by molar-refractivity contribution is 5.98. The molecule has 5 nitrogen and oxygen atoms in total. The lowest BCUT2D eigenvalue weighted by molar-refractivity contribution is -0.121. The Bertz CT molecular complexity index is 783. The first-order valence-electron chi connectivity index (χ1n) is 9.11. The van der Waals surface area contributed by atoms with Gasteiger partial charge in [0.15, 0.2) is 5.78 Å². The summed E-state index contributed by atoms with van der Waals surface area (Å²) in [6.45, 7) is 3.94. The fourth-order valence-corrected chi connectivity index (χ4v) is 2.87. The van der Waals surface area contributed by atoms with Crippen LogP contribution >= 0.6 is 0 Å². The molecule has 2 aromatic carbocycles. The van der Waals surface area contributed by atoms with Gasteiger partial charge in [0.25, 0.3) is 0 Å². The molecule has 2 aromatic rings. The summed E-state index contributed by atoms with van der Waals surface area (Å²) in [4.78, 5) is 24.6. The van der Waals surface area contributed by atoms with Crippen LogP contribution < -0.4 is 14.8 Å². The Morgan fingerprint density at radius 1 is 1.00 bits per heavy atom. The van der Waals surface area contributed by atoms with Gasteiger partial charge in [-0.3, -0.25) is 9.59 Å². The number of nitrogens with one attached hydrogen (secondary N) is 1. The smallest absolute Gasteiger partial charge is 0.220 e. The van der Waals surface area contributed by atoms with E-state index >= 15 is 0 Å². The van der Waals surface area contributed by atoms with Crippen LogP contribution in [0.15, 0.2) is 42.5 Å². The molecule has 0 saturated carbocycles. The maximum absolute atomic E-state index is 12.3. The van der Waals surface area contributed by atoms with Crippen LogP contribution in [-0.4, -0.2) is 25.9 Å². The second-order valence-corrected chi connectivity index (χ2v) is 6.37. The Morgan fingerprint density at radius 3 is 2.30 bits per heavy atom. The van der Waals surface area contributed by atoms with Crippen molar-refractivity contribution in [1.29, 1.82) is 0 Å². The van der Waals surface area contributed by atoms with E-state index in [1.54, 1.807) is 26.4 Å². The van der Waals surface area contributed by atoms with E-state index in [0.29, 0.717) is 17.1 Å². The highest BCUT2D eigenvalue weighted by Gasteiger charge is 2.16. The summed E-state index contributed by atoms with van der Waals surface area (Å²) in [6.07, 6.45) is 1.26. The summed E-state index contributed by atoms with van der Waals surface area (Å²) in [5, 5.41) is 2.92. The molecule has 1 N–H and O–H groups in total. The number of carbonyl (C=O) groups is 2. The van der Waals surface area contributed by atoms with E-state index < -0.39 is 0 Å². The number of rotatable bonds is 9. The van der Waals surface area contributed by atoms with Gasteiger partial charge >= 0.3 is 0 Å². The first-order chi connectivity index (χ1) is 13.0. The Kier molecular flexibility index (Phi) is 7.41. The molecule has 0 aliphatic rings. The van der Waals surface area contributed by atoms with Crippen LogP contribution in [0.5, 0.6) is 11.5 Å². The molecule has 0 saturated heterocycles. The van der Waals surface area contributed by atoms with Gasteiger partial charge in [-0.25, -0.2) is 0 Å². The van der Waals surface area contributed by atoms with Crippen molar-refractivity contribution in [3.63, 3.8) is 0 Å². The normalized spacial score (nSPS) is 11.6. The van der Waals surface area contributed by atoms with Gasteiger partial charge in [0.2, 0.25) is 5.91 Å². The number of methoxy groups -OCH3 is 2. The SMILES string of the molecule is CCc1ccc(C(=O)CCC(=O)NC(C)c2cc(OC)ccc2OC)cc1. The van der Waals surface area contributed by atoms with E-state index in [4.69, 9.17) is 9.47 Å². The summed E-state index contributed by atoms with van der Waals surface area (Å²) in [5.74, 6) is 1.17. The van der Waals surface area contributed by atoms with E-state index in [9.17, 15) is 9.59 Å². The summed E-state index contributed by atoms with van der Waals surface area (Å²) in [6, 6.07) is 12.7. The van der Waals surface area contributed by atoms with Gasteiger partial charge in [0.05, 0.1) is 20.3 Å². The third-order valence-corrected chi connectivity index (χ3v) is 4.54. The monoisotopic (exact) mass is 369 g/mol. The van der Waals surface area contributed by atoms with Crippen LogP contribution in [0.25, 0.3) is 0 Å². The van der Waals surface area contributed by atoms with Crippen LogP contribution in [-0.2, 0) is 11.2 Å². The zero-order chi connectivity index (χ0) is 19.8. The summed E-state index contributed by atoms with van der Waals surface area (Å²) < 4.78 is 10.6. The van der Waals surface area contributed by atoms with E-state index in [2.05, 4.69) is 12.2 Å². The van der Waals surface area contributed by atoms with Gasteiger partial charge in [-0.1, -0.05) is 31.2 Å². The highest BCUT2D eigenvalue weighted by atomic mass is 16.5. The predicted molar refractivity (Wildman–Crippen MR) is 105 cm³/mol. The van der Waals surface area contributed by atoms with Crippen molar-refractivity contribution in [3.05, 3.63) is 59.2 Å². The molecule has 1 unspecified atom stereocenters. The van der Waals surface area contributed by atoms with Crippen LogP contribution in [0, 0.1) is 0 Å². The Labute approximate surface area is 160 Å². The van der Waals surface area contributed by atoms with E-state index in [-0.39, 0.29) is 30.6 Å². The molecule has 0 heterocycles. The predicted octanol–water partition coefficient (Wildman–Crippen LogP) is 4.11. The molecule has 0 bridgehead atoms. The Hall–Kier alpha value is -2.82. The van der Waals surface area contributed by atoms with E-state index in [1.807, 2.05) is 37.3 Å². The lowest BCUT2D eigenvalue weighted by Gasteiger charge is -2.18. The second kappa shape index (κ2) is 9.76. The third-order valence-electron chi connectivity index (χ3n) is 4.54. The van der Waals surface area contributed by atoms with E-state index in [1.165, 1.54) is 5.56 Å². The average molecular weight is 369 g/mol. The number of amides is 1. The molecule has 0 aliphatic carbocycles. The van der Waals surface area contributed by atoms with Crippen LogP contribution in [0.1, 0.15) is 54.2 Å². The van der Waals surface area contributed by atoms with Crippen molar-refractivity contribution in [3.8, 4) is 11.5 Å². The number of ether oxygens (including phenoxy) is 2. The maximum Gasteiger partial charge on any atom is 0.220 e. The molecular weight excluding hydrogens is 342 g/mol. The minimum atomic E-state index is -0.263. The van der Waals surface area contributed by atoms with Crippen LogP contribution in [0.3, 0.4) is 0 Å². The lowest BCUT2D eigenvalue weighted by Crippen LogP contribution is -2.27. The minimum absolute atomic E-state index is 0.0283. The number of benzene rings is 2. The standard InChI is InChI=1S/C22H27NO4/c1-5-16-6-8-17(9-7-16)20(24)11-13-22(25)23-15(2)19-14-18(26-3)10-12-21(19)27-4/h6-10,12,14-15H,5,11,13H2,1-4H3,(H,23,25). The molecule has 0 spiro atoms. The zero-order valence-electron chi connectivity index (χ0n) is 16.4. The third kappa shape index (κ3) is 5.58. The van der Waals surface area contributed by atoms with Crippen molar-refractivity contribution in [2.75, 3.05) is 14.2 Å². The van der Waals surface area contributed by atoms with Crippen molar-refractivity contribution in [2.24, 2.45) is 0 Å². The van der Waals surface area contributed by atoms with Crippen molar-refractivity contribution in [2.45, 2.75) is 39.2 Å². The van der Waals surface area contributed by atoms with Crippen molar-refractivity contribution in [1.82, 2.24) is 5.32 Å². The number of hydrogen-bond donors (Lipinski definition) is 1. The summed E-state index contributed by atoms with van der Waals surface area (Å²) in [5.41, 5.74) is 2.65. The van der Waals surface area contributed by atoms with Gasteiger partial charge < -0.3 is 14.8 Å². The first-order valence-corrected chi connectivity index (χ1v) is 9.11. The molecule has 0 aliphatic heterocycles. The largest absolute Gasteiger partial charge is 0.497 e. The van der Waals surface area contributed by atoms with E-state index in [0.717, 1.165) is 12.0 Å². The summed E-state index contributed by atoms with van der Waals surface area (Å²) in [7, 11) is 3.18. The molecule has 1 atom stereocenters. The minimum Gasteiger partial charge on any atom is -0.497 e. The quantitative estimate of drug-likeness (QED) is 0.676. The first kappa shape index (κ1) is 20.5. The molecule has 2 rings (SSSR count). The van der Waals surface area contributed by atoms with Crippen molar-refractivity contribution < 1.29 is 19.1 Å². The molecule has 144 valence electrons. The van der Waals surface area contributed by atoms with Gasteiger partial charge in [-0.2, -0.15) is 0 Å². The highest BCUT2D eigenvalue weighted by Crippen LogP contribution is 2.29. The second-order valence-electron chi connectivity index (χ2n) is 6.37. The number of hydrogen-bond acceptors (Lipinski definition) is 4. The van der Waals surface area contributed by atoms with Crippen LogP contribution in [0.4, 0.5) is 0 Å². The number of ketones is 1. The average Bonchev–Trinajstić information content (AvgIpc) is 2.71. The molecule has 5 heteroatoms. The lowest BCUT2D eigenvalue weighted by atomic mass is 10.0. The number of aryl methyl sites for hydroxylation is 1. The van der Waals surface area contributed by atoms with Gasteiger partial charge in [-0.05, 0) is 37.1 Å². The zero-order valence-corrected chi connectivity index (χ0v) is 16.4. The Morgan fingerprint density at radius 2 is 1.70 bits per heavy atom. The molecule has 27 heavy (non-hydrogen) atoms. The fourth-order valence-electron chi connectivity index (χ4n) is 2.87. The number of carbonyl (C=O) groups excluding carboxylic acids is 2. The van der Waals surface area contributed by atoms with Crippen LogP contribution in [0.2, 0.25) is 0 Å². The molecule has 0 aromatic heterocycles.